The van der Waals surface area contributed by atoms with Crippen LogP contribution in [0.1, 0.15) is 41.1 Å². The van der Waals surface area contributed by atoms with E-state index in [0.29, 0.717) is 52.2 Å². The third kappa shape index (κ3) is 3.89. The number of carbonyl (C=O) groups excluding carboxylic acids is 1. The zero-order valence-electron chi connectivity index (χ0n) is 15.7. The molecule has 0 saturated heterocycles. The second-order valence-electron chi connectivity index (χ2n) is 6.05. The van der Waals surface area contributed by atoms with Crippen LogP contribution in [0.3, 0.4) is 0 Å². The van der Waals surface area contributed by atoms with Crippen LogP contribution < -0.4 is 10.2 Å². The van der Waals surface area contributed by atoms with Gasteiger partial charge in [-0.3, -0.25) is 4.79 Å². The van der Waals surface area contributed by atoms with Gasteiger partial charge in [0.05, 0.1) is 34.8 Å². The van der Waals surface area contributed by atoms with Crippen LogP contribution in [-0.4, -0.2) is 12.6 Å². The molecule has 0 unspecified atom stereocenters. The van der Waals surface area contributed by atoms with Crippen molar-refractivity contribution in [2.24, 2.45) is 0 Å². The van der Waals surface area contributed by atoms with E-state index in [-0.39, 0.29) is 12.0 Å². The lowest BCUT2D eigenvalue weighted by Crippen LogP contribution is -2.09. The van der Waals surface area contributed by atoms with Crippen LogP contribution in [0.25, 0.3) is 11.0 Å². The van der Waals surface area contributed by atoms with Gasteiger partial charge in [-0.05, 0) is 43.3 Å². The van der Waals surface area contributed by atoms with Crippen LogP contribution >= 0.6 is 0 Å². The lowest BCUT2D eigenvalue weighted by molar-refractivity contribution is 0.0470. The molecular weight excluding hydrogens is 358 g/mol. The monoisotopic (exact) mass is 377 g/mol. The summed E-state index contributed by atoms with van der Waals surface area (Å²) in [6.07, 6.45) is 0.564. The van der Waals surface area contributed by atoms with Gasteiger partial charge >= 0.3 is 5.97 Å². The molecule has 6 heteroatoms. The molecule has 28 heavy (non-hydrogen) atoms. The van der Waals surface area contributed by atoms with Gasteiger partial charge in [0.2, 0.25) is 0 Å². The first-order valence-electron chi connectivity index (χ1n) is 8.96. The van der Waals surface area contributed by atoms with Gasteiger partial charge in [-0.1, -0.05) is 6.92 Å². The van der Waals surface area contributed by atoms with E-state index in [1.165, 1.54) is 18.2 Å². The van der Waals surface area contributed by atoms with Gasteiger partial charge in [0.15, 0.2) is 5.43 Å². The van der Waals surface area contributed by atoms with E-state index in [4.69, 9.17) is 19.2 Å². The lowest BCUT2D eigenvalue weighted by atomic mass is 10.1. The highest BCUT2D eigenvalue weighted by molar-refractivity contribution is 5.90. The zero-order chi connectivity index (χ0) is 20.1. The molecule has 0 fully saturated rings. The average molecular weight is 377 g/mol. The predicted octanol–water partition coefficient (Wildman–Crippen LogP) is 3.98. The number of carbonyl (C=O) groups is 1. The van der Waals surface area contributed by atoms with Crippen molar-refractivity contribution < 1.29 is 18.7 Å². The minimum Gasteiger partial charge on any atom is -0.493 e. The summed E-state index contributed by atoms with van der Waals surface area (Å²) >= 11 is 0. The van der Waals surface area contributed by atoms with E-state index in [0.717, 1.165) is 0 Å². The topological polar surface area (TPSA) is 89.5 Å². The van der Waals surface area contributed by atoms with Crippen LogP contribution in [0.15, 0.2) is 51.7 Å². The first-order chi connectivity index (χ1) is 13.6. The molecule has 3 rings (SSSR count). The number of hydrogen-bond acceptors (Lipinski definition) is 6. The minimum atomic E-state index is -0.544. The Hall–Kier alpha value is -3.59. The largest absolute Gasteiger partial charge is 0.493 e. The SMILES string of the molecule is CCOc1ccc2c(=O)cc(CC)oc2c1COC(=O)c1ccc(C#N)cc1. The number of fused-ring (bicyclic) bond motifs is 1. The average Bonchev–Trinajstić information content (AvgIpc) is 2.72. The van der Waals surface area contributed by atoms with Crippen molar-refractivity contribution in [2.45, 2.75) is 26.9 Å². The normalized spacial score (nSPS) is 10.5. The highest BCUT2D eigenvalue weighted by Gasteiger charge is 2.17. The molecule has 0 spiro atoms. The number of nitriles is 1. The summed E-state index contributed by atoms with van der Waals surface area (Å²) in [4.78, 5) is 24.7. The van der Waals surface area contributed by atoms with Gasteiger partial charge in [0, 0.05) is 12.5 Å². The summed E-state index contributed by atoms with van der Waals surface area (Å²) in [6, 6.07) is 13.0. The van der Waals surface area contributed by atoms with E-state index in [9.17, 15) is 9.59 Å². The second-order valence-corrected chi connectivity index (χ2v) is 6.05. The summed E-state index contributed by atoms with van der Waals surface area (Å²) in [6.45, 7) is 4.04. The maximum absolute atomic E-state index is 12.4. The van der Waals surface area contributed by atoms with Crippen molar-refractivity contribution in [1.29, 1.82) is 5.26 Å². The third-order valence-electron chi connectivity index (χ3n) is 4.25. The van der Waals surface area contributed by atoms with Crippen molar-refractivity contribution >= 4 is 16.9 Å². The fourth-order valence-electron chi connectivity index (χ4n) is 2.81. The molecule has 0 atom stereocenters. The molecule has 0 aliphatic heterocycles. The molecule has 0 amide bonds. The van der Waals surface area contributed by atoms with Crippen LogP contribution in [-0.2, 0) is 17.8 Å². The lowest BCUT2D eigenvalue weighted by Gasteiger charge is -2.13. The van der Waals surface area contributed by atoms with Crippen LogP contribution in [0.5, 0.6) is 5.75 Å². The summed E-state index contributed by atoms with van der Waals surface area (Å²) in [5, 5.41) is 9.26. The summed E-state index contributed by atoms with van der Waals surface area (Å²) < 4.78 is 16.9. The van der Waals surface area contributed by atoms with Gasteiger partial charge in [-0.2, -0.15) is 5.26 Å². The molecule has 1 aromatic heterocycles. The number of ether oxygens (including phenoxy) is 2. The third-order valence-corrected chi connectivity index (χ3v) is 4.25. The molecule has 3 aromatic rings. The second kappa shape index (κ2) is 8.40. The van der Waals surface area contributed by atoms with E-state index >= 15 is 0 Å². The molecule has 0 N–H and O–H groups in total. The van der Waals surface area contributed by atoms with Crippen molar-refractivity contribution in [3.8, 4) is 11.8 Å². The molecular formula is C22H19NO5. The van der Waals surface area contributed by atoms with Crippen molar-refractivity contribution in [3.63, 3.8) is 0 Å². The molecule has 2 aromatic carbocycles. The number of benzene rings is 2. The zero-order valence-corrected chi connectivity index (χ0v) is 15.7. The van der Waals surface area contributed by atoms with Crippen molar-refractivity contribution in [1.82, 2.24) is 0 Å². The number of nitrogens with zero attached hydrogens (tertiary/aromatic N) is 1. The summed E-state index contributed by atoms with van der Waals surface area (Å²) in [5.74, 6) is 0.503. The first-order valence-corrected chi connectivity index (χ1v) is 8.96. The van der Waals surface area contributed by atoms with Gasteiger partial charge in [0.25, 0.3) is 0 Å². The maximum Gasteiger partial charge on any atom is 0.338 e. The Balaban J connectivity index is 1.96. The van der Waals surface area contributed by atoms with Gasteiger partial charge in [-0.25, -0.2) is 4.79 Å². The highest BCUT2D eigenvalue weighted by atomic mass is 16.5. The summed E-state index contributed by atoms with van der Waals surface area (Å²) in [7, 11) is 0. The number of aryl methyl sites for hydroxylation is 1. The quantitative estimate of drug-likeness (QED) is 0.604. The molecule has 1 heterocycles. The molecule has 142 valence electrons. The van der Waals surface area contributed by atoms with E-state index in [2.05, 4.69) is 0 Å². The Bertz CT molecular complexity index is 1110. The van der Waals surface area contributed by atoms with E-state index in [1.54, 1.807) is 24.3 Å². The van der Waals surface area contributed by atoms with Gasteiger partial charge in [0.1, 0.15) is 23.7 Å². The fraction of sp³-hybridized carbons (Fsp3) is 0.227. The van der Waals surface area contributed by atoms with E-state index in [1.807, 2.05) is 19.9 Å². The smallest absolute Gasteiger partial charge is 0.338 e. The fourth-order valence-corrected chi connectivity index (χ4v) is 2.81. The Morgan fingerprint density at radius 1 is 1.14 bits per heavy atom. The molecule has 6 nitrogen and oxygen atoms in total. The highest BCUT2D eigenvalue weighted by Crippen LogP contribution is 2.28. The Morgan fingerprint density at radius 2 is 1.89 bits per heavy atom. The molecule has 0 aliphatic carbocycles. The standard InChI is InChI=1S/C22H19NO5/c1-3-16-11-19(24)17-9-10-20(26-4-2)18(21(17)28-16)13-27-22(25)15-7-5-14(12-23)6-8-15/h5-11H,3-4,13H2,1-2H3. The van der Waals surface area contributed by atoms with Crippen molar-refractivity contribution in [3.05, 3.63) is 75.1 Å². The first kappa shape index (κ1) is 19.2. The molecule has 0 radical (unpaired) electrons. The van der Waals surface area contributed by atoms with Crippen molar-refractivity contribution in [2.75, 3.05) is 6.61 Å². The Labute approximate surface area is 161 Å². The van der Waals surface area contributed by atoms with Crippen LogP contribution in [0.2, 0.25) is 0 Å². The van der Waals surface area contributed by atoms with Gasteiger partial charge < -0.3 is 13.9 Å². The molecule has 0 aliphatic rings. The minimum absolute atomic E-state index is 0.110. The molecule has 0 saturated carbocycles. The molecule has 0 bridgehead atoms. The number of rotatable bonds is 6. The van der Waals surface area contributed by atoms with Gasteiger partial charge in [-0.15, -0.1) is 0 Å². The maximum atomic E-state index is 12.4. The number of hydrogen-bond donors (Lipinski definition) is 0. The Morgan fingerprint density at radius 3 is 2.54 bits per heavy atom. The Kier molecular flexibility index (Phi) is 5.75. The summed E-state index contributed by atoms with van der Waals surface area (Å²) in [5.41, 5.74) is 1.50. The van der Waals surface area contributed by atoms with Crippen LogP contribution in [0, 0.1) is 11.3 Å². The van der Waals surface area contributed by atoms with E-state index < -0.39 is 5.97 Å². The number of esters is 1. The van der Waals surface area contributed by atoms with Crippen LogP contribution in [0.4, 0.5) is 0 Å². The predicted molar refractivity (Wildman–Crippen MR) is 103 cm³/mol.